The standard InChI is InChI=1S/C15H14ClN3O3S2/c16-11-4-1-3-10(9-11)13(20)7-8-17-24(21,22)14-6-2-5-12-15(14)19-23-18-12/h1-6,9,13,17,20H,7-8H2/t13-/m0/s1. The predicted octanol–water partition coefficient (Wildman–Crippen LogP) is 2.75. The summed E-state index contributed by atoms with van der Waals surface area (Å²) >= 11 is 6.85. The van der Waals surface area contributed by atoms with Crippen LogP contribution < -0.4 is 4.72 Å². The largest absolute Gasteiger partial charge is 0.388 e. The summed E-state index contributed by atoms with van der Waals surface area (Å²) in [5, 5.41) is 10.7. The number of nitrogens with zero attached hydrogens (tertiary/aromatic N) is 2. The van der Waals surface area contributed by atoms with Gasteiger partial charge in [-0.2, -0.15) is 8.75 Å². The molecule has 1 heterocycles. The van der Waals surface area contributed by atoms with Gasteiger partial charge in [-0.15, -0.1) is 0 Å². The molecule has 0 radical (unpaired) electrons. The zero-order chi connectivity index (χ0) is 17.2. The smallest absolute Gasteiger partial charge is 0.242 e. The Labute approximate surface area is 148 Å². The molecule has 2 aromatic carbocycles. The maximum absolute atomic E-state index is 12.4. The lowest BCUT2D eigenvalue weighted by Gasteiger charge is -2.12. The van der Waals surface area contributed by atoms with Gasteiger partial charge in [0.25, 0.3) is 0 Å². The molecule has 2 N–H and O–H groups in total. The number of aromatic nitrogens is 2. The summed E-state index contributed by atoms with van der Waals surface area (Å²) in [6, 6.07) is 11.7. The van der Waals surface area contributed by atoms with Gasteiger partial charge in [-0.25, -0.2) is 13.1 Å². The highest BCUT2D eigenvalue weighted by atomic mass is 35.5. The number of rotatable bonds is 6. The van der Waals surface area contributed by atoms with E-state index < -0.39 is 16.1 Å². The van der Waals surface area contributed by atoms with E-state index in [1.54, 1.807) is 36.4 Å². The van der Waals surface area contributed by atoms with Crippen LogP contribution in [0, 0.1) is 0 Å². The molecular formula is C15H14ClN3O3S2. The van der Waals surface area contributed by atoms with Gasteiger partial charge in [0.1, 0.15) is 15.9 Å². The lowest BCUT2D eigenvalue weighted by molar-refractivity contribution is 0.169. The SMILES string of the molecule is O=S(=O)(NCC[C@H](O)c1cccc(Cl)c1)c1cccc2nsnc12. The maximum atomic E-state index is 12.4. The summed E-state index contributed by atoms with van der Waals surface area (Å²) in [6.07, 6.45) is -0.576. The fourth-order valence-electron chi connectivity index (χ4n) is 2.29. The van der Waals surface area contributed by atoms with Crippen molar-refractivity contribution in [1.29, 1.82) is 0 Å². The van der Waals surface area contributed by atoms with Gasteiger partial charge in [-0.3, -0.25) is 0 Å². The molecule has 0 saturated carbocycles. The molecule has 9 heteroatoms. The second kappa shape index (κ2) is 7.12. The summed E-state index contributed by atoms with van der Waals surface area (Å²) in [5.41, 5.74) is 1.54. The van der Waals surface area contributed by atoms with E-state index in [0.717, 1.165) is 11.7 Å². The molecule has 0 fully saturated rings. The number of hydrogen-bond donors (Lipinski definition) is 2. The van der Waals surface area contributed by atoms with Gasteiger partial charge >= 0.3 is 0 Å². The number of aliphatic hydroxyl groups is 1. The summed E-state index contributed by atoms with van der Waals surface area (Å²) in [6.45, 7) is 0.0873. The number of hydrogen-bond acceptors (Lipinski definition) is 6. The van der Waals surface area contributed by atoms with Crippen molar-refractivity contribution in [2.75, 3.05) is 6.54 Å². The van der Waals surface area contributed by atoms with Gasteiger partial charge in [-0.05, 0) is 36.2 Å². The molecule has 0 bridgehead atoms. The molecule has 24 heavy (non-hydrogen) atoms. The molecule has 0 aliphatic rings. The van der Waals surface area contributed by atoms with E-state index in [2.05, 4.69) is 13.5 Å². The van der Waals surface area contributed by atoms with E-state index in [9.17, 15) is 13.5 Å². The van der Waals surface area contributed by atoms with Crippen molar-refractivity contribution >= 4 is 44.4 Å². The van der Waals surface area contributed by atoms with Crippen LogP contribution in [0.1, 0.15) is 18.1 Å². The minimum Gasteiger partial charge on any atom is -0.388 e. The Kier molecular flexibility index (Phi) is 5.12. The number of benzene rings is 2. The van der Waals surface area contributed by atoms with Crippen LogP contribution in [0.4, 0.5) is 0 Å². The Morgan fingerprint density at radius 3 is 2.79 bits per heavy atom. The van der Waals surface area contributed by atoms with Crippen LogP contribution in [0.15, 0.2) is 47.4 Å². The normalized spacial score (nSPS) is 13.2. The first-order chi connectivity index (χ1) is 11.5. The molecule has 0 saturated heterocycles. The van der Waals surface area contributed by atoms with Gasteiger partial charge in [0, 0.05) is 11.6 Å². The molecule has 6 nitrogen and oxygen atoms in total. The summed E-state index contributed by atoms with van der Waals surface area (Å²) < 4.78 is 35.4. The van der Waals surface area contributed by atoms with E-state index in [1.807, 2.05) is 0 Å². The quantitative estimate of drug-likeness (QED) is 0.682. The van der Waals surface area contributed by atoms with Gasteiger partial charge in [-0.1, -0.05) is 29.8 Å². The molecule has 3 aromatic rings. The van der Waals surface area contributed by atoms with Crippen molar-refractivity contribution in [2.45, 2.75) is 17.4 Å². The Balaban J connectivity index is 1.69. The van der Waals surface area contributed by atoms with Crippen LogP contribution in [0.5, 0.6) is 0 Å². The topological polar surface area (TPSA) is 92.2 Å². The van der Waals surface area contributed by atoms with Crippen molar-refractivity contribution in [3.63, 3.8) is 0 Å². The highest BCUT2D eigenvalue weighted by Gasteiger charge is 2.19. The molecule has 0 amide bonds. The number of aliphatic hydroxyl groups excluding tert-OH is 1. The van der Waals surface area contributed by atoms with Crippen molar-refractivity contribution in [3.05, 3.63) is 53.1 Å². The Morgan fingerprint density at radius 2 is 2.00 bits per heavy atom. The molecule has 0 aliphatic carbocycles. The molecule has 0 spiro atoms. The van der Waals surface area contributed by atoms with Crippen molar-refractivity contribution in [1.82, 2.24) is 13.5 Å². The van der Waals surface area contributed by atoms with Gasteiger partial charge in [0.15, 0.2) is 0 Å². The van der Waals surface area contributed by atoms with Crippen LogP contribution >= 0.6 is 23.3 Å². The summed E-state index contributed by atoms with van der Waals surface area (Å²) in [5.74, 6) is 0. The maximum Gasteiger partial charge on any atom is 0.242 e. The second-order valence-electron chi connectivity index (χ2n) is 5.15. The Bertz CT molecular complexity index is 959. The summed E-state index contributed by atoms with van der Waals surface area (Å²) in [4.78, 5) is 0.0889. The van der Waals surface area contributed by atoms with Crippen LogP contribution in [-0.2, 0) is 10.0 Å². The lowest BCUT2D eigenvalue weighted by atomic mass is 10.1. The first-order valence-corrected chi connectivity index (χ1v) is 9.71. The minimum atomic E-state index is -3.73. The molecule has 126 valence electrons. The second-order valence-corrected chi connectivity index (χ2v) is 7.85. The van der Waals surface area contributed by atoms with E-state index in [0.29, 0.717) is 21.6 Å². The van der Waals surface area contributed by atoms with Crippen molar-refractivity contribution < 1.29 is 13.5 Å². The third-order valence-corrected chi connectivity index (χ3v) is 5.75. The molecule has 0 aliphatic heterocycles. The monoisotopic (exact) mass is 383 g/mol. The number of halogens is 1. The third kappa shape index (κ3) is 3.73. The molecule has 1 aromatic heterocycles. The highest BCUT2D eigenvalue weighted by Crippen LogP contribution is 2.22. The molecule has 1 atom stereocenters. The molecule has 0 unspecified atom stereocenters. The van der Waals surface area contributed by atoms with E-state index >= 15 is 0 Å². The molecular weight excluding hydrogens is 370 g/mol. The Morgan fingerprint density at radius 1 is 1.21 bits per heavy atom. The number of fused-ring (bicyclic) bond motifs is 1. The van der Waals surface area contributed by atoms with Crippen LogP contribution in [0.3, 0.4) is 0 Å². The zero-order valence-corrected chi connectivity index (χ0v) is 14.8. The van der Waals surface area contributed by atoms with Crippen molar-refractivity contribution in [2.24, 2.45) is 0 Å². The average Bonchev–Trinajstić information content (AvgIpc) is 3.03. The number of nitrogens with one attached hydrogen (secondary N) is 1. The van der Waals surface area contributed by atoms with Crippen LogP contribution in [-0.4, -0.2) is 28.8 Å². The van der Waals surface area contributed by atoms with E-state index in [4.69, 9.17) is 11.6 Å². The fraction of sp³-hybridized carbons (Fsp3) is 0.200. The van der Waals surface area contributed by atoms with Crippen LogP contribution in [0.25, 0.3) is 11.0 Å². The van der Waals surface area contributed by atoms with Gasteiger partial charge < -0.3 is 5.11 Å². The average molecular weight is 384 g/mol. The zero-order valence-electron chi connectivity index (χ0n) is 12.4. The Hall–Kier alpha value is -1.58. The lowest BCUT2D eigenvalue weighted by Crippen LogP contribution is -2.26. The van der Waals surface area contributed by atoms with E-state index in [-0.39, 0.29) is 17.9 Å². The third-order valence-electron chi connectivity index (χ3n) is 3.48. The predicted molar refractivity (Wildman–Crippen MR) is 93.6 cm³/mol. The van der Waals surface area contributed by atoms with Crippen LogP contribution in [0.2, 0.25) is 5.02 Å². The summed E-state index contributed by atoms with van der Waals surface area (Å²) in [7, 11) is -3.73. The minimum absolute atomic E-state index is 0.0873. The molecule has 3 rings (SSSR count). The van der Waals surface area contributed by atoms with Crippen molar-refractivity contribution in [3.8, 4) is 0 Å². The van der Waals surface area contributed by atoms with Gasteiger partial charge in [0.05, 0.1) is 17.8 Å². The first-order valence-electron chi connectivity index (χ1n) is 7.12. The fourth-order valence-corrected chi connectivity index (χ4v) is 4.30. The number of sulfonamides is 1. The highest BCUT2D eigenvalue weighted by molar-refractivity contribution is 7.89. The van der Waals surface area contributed by atoms with E-state index in [1.165, 1.54) is 6.07 Å². The van der Waals surface area contributed by atoms with Gasteiger partial charge in [0.2, 0.25) is 10.0 Å². The first kappa shape index (κ1) is 17.2.